The number of Topliss-reactive ketones (excluding diaryl/α,β-unsaturated/α-hetero) is 1. The van der Waals surface area contributed by atoms with Crippen molar-refractivity contribution in [3.05, 3.63) is 12.2 Å². The summed E-state index contributed by atoms with van der Waals surface area (Å²) < 4.78 is 29.9. The van der Waals surface area contributed by atoms with Gasteiger partial charge in [-0.1, -0.05) is 19.9 Å². The molecule has 10 heteroatoms. The number of hydrogen-bond donors (Lipinski definition) is 0. The zero-order chi connectivity index (χ0) is 27.8. The van der Waals surface area contributed by atoms with E-state index >= 15 is 0 Å². The molecular formula is C28H36O10. The second kappa shape index (κ2) is 8.89. The highest BCUT2D eigenvalue weighted by Crippen LogP contribution is 2.75. The van der Waals surface area contributed by atoms with Crippen LogP contribution in [-0.2, 0) is 47.7 Å². The lowest BCUT2D eigenvalue weighted by molar-refractivity contribution is -0.358. The molecule has 5 rings (SSSR count). The minimum Gasteiger partial charge on any atom is -0.462 e. The Kier molecular flexibility index (Phi) is 6.28. The van der Waals surface area contributed by atoms with Crippen LogP contribution in [0.3, 0.4) is 0 Å². The summed E-state index contributed by atoms with van der Waals surface area (Å²) in [7, 11) is 0. The average Bonchev–Trinajstić information content (AvgIpc) is 2.91. The van der Waals surface area contributed by atoms with Crippen LogP contribution in [0.4, 0.5) is 0 Å². The van der Waals surface area contributed by atoms with E-state index in [2.05, 4.69) is 13.5 Å². The second-order valence-electron chi connectivity index (χ2n) is 12.0. The van der Waals surface area contributed by atoms with Gasteiger partial charge in [0, 0.05) is 44.9 Å². The molecule has 0 N–H and O–H groups in total. The highest BCUT2D eigenvalue weighted by atomic mass is 16.7. The molecule has 208 valence electrons. The van der Waals surface area contributed by atoms with Gasteiger partial charge in [0.2, 0.25) is 6.29 Å². The number of ketones is 1. The smallest absolute Gasteiger partial charge is 0.304 e. The molecule has 1 spiro atoms. The molecule has 10 nitrogen and oxygen atoms in total. The Labute approximate surface area is 221 Å². The number of rotatable bonds is 4. The summed E-state index contributed by atoms with van der Waals surface area (Å²) in [6.07, 6.45) is -1.18. The number of carbonyl (C=O) groups is 5. The molecule has 5 fully saturated rings. The van der Waals surface area contributed by atoms with Gasteiger partial charge in [0.1, 0.15) is 23.7 Å². The molecule has 4 aliphatic carbocycles. The molecule has 0 unspecified atom stereocenters. The van der Waals surface area contributed by atoms with Gasteiger partial charge in [-0.25, -0.2) is 0 Å². The van der Waals surface area contributed by atoms with Crippen LogP contribution in [0, 0.1) is 34.0 Å². The van der Waals surface area contributed by atoms with Gasteiger partial charge in [-0.3, -0.25) is 24.0 Å². The maximum atomic E-state index is 14.4. The van der Waals surface area contributed by atoms with Crippen LogP contribution in [0.25, 0.3) is 0 Å². The fourth-order valence-corrected chi connectivity index (χ4v) is 9.12. The van der Waals surface area contributed by atoms with Gasteiger partial charge >= 0.3 is 23.9 Å². The molecule has 4 bridgehead atoms. The minimum absolute atomic E-state index is 0.194. The molecule has 0 radical (unpaired) electrons. The largest absolute Gasteiger partial charge is 0.462 e. The number of carbonyl (C=O) groups excluding carboxylic acids is 5. The lowest BCUT2D eigenvalue weighted by atomic mass is 9.37. The minimum atomic E-state index is -1.58. The monoisotopic (exact) mass is 532 g/mol. The lowest BCUT2D eigenvalue weighted by Gasteiger charge is -2.70. The van der Waals surface area contributed by atoms with Crippen LogP contribution >= 0.6 is 0 Å². The third kappa shape index (κ3) is 3.51. The highest BCUT2D eigenvalue weighted by molar-refractivity contribution is 6.05. The molecule has 1 saturated heterocycles. The van der Waals surface area contributed by atoms with E-state index in [0.29, 0.717) is 13.0 Å². The molecule has 0 amide bonds. The number of fused-ring (bicyclic) bond motifs is 1. The maximum Gasteiger partial charge on any atom is 0.304 e. The van der Waals surface area contributed by atoms with Gasteiger partial charge < -0.3 is 23.7 Å². The summed E-state index contributed by atoms with van der Waals surface area (Å²) in [5, 5.41) is 0. The quantitative estimate of drug-likeness (QED) is 0.302. The molecule has 4 saturated carbocycles. The van der Waals surface area contributed by atoms with E-state index in [1.54, 1.807) is 0 Å². The van der Waals surface area contributed by atoms with Crippen LogP contribution < -0.4 is 0 Å². The fourth-order valence-electron chi connectivity index (χ4n) is 9.12. The summed E-state index contributed by atoms with van der Waals surface area (Å²) in [4.78, 5) is 64.1. The fraction of sp³-hybridized carbons (Fsp3) is 0.750. The summed E-state index contributed by atoms with van der Waals surface area (Å²) >= 11 is 0. The first-order valence-electron chi connectivity index (χ1n) is 13.3. The summed E-state index contributed by atoms with van der Waals surface area (Å²) in [6, 6.07) is 0. The molecule has 0 aromatic rings. The van der Waals surface area contributed by atoms with E-state index in [9.17, 15) is 24.0 Å². The van der Waals surface area contributed by atoms with Gasteiger partial charge in [0.05, 0.1) is 6.61 Å². The van der Waals surface area contributed by atoms with Crippen molar-refractivity contribution in [3.8, 4) is 0 Å². The normalized spacial score (nSPS) is 44.8. The van der Waals surface area contributed by atoms with Crippen molar-refractivity contribution in [2.75, 3.05) is 6.61 Å². The third-order valence-electron chi connectivity index (χ3n) is 9.95. The van der Waals surface area contributed by atoms with E-state index in [-0.39, 0.29) is 35.5 Å². The second-order valence-corrected chi connectivity index (χ2v) is 12.0. The van der Waals surface area contributed by atoms with Crippen molar-refractivity contribution >= 4 is 29.7 Å². The standard InChI is InChI=1S/C28H36O10/c1-13-18-10-19(35-14(2)29)22-27-9-7-8-26(6,12-34-25(27)38-17(5)32)20(27)11-21(36-15(3)30)28(22,23(13)33)24(18)37-16(4)31/h18-22,24-25H,1,7-12H2,2-6H3/t18-,19-,20+,21+,22-,24+,25-,26-,27-,28-/m0/s1. The molecule has 1 heterocycles. The van der Waals surface area contributed by atoms with E-state index in [1.807, 2.05) is 0 Å². The van der Waals surface area contributed by atoms with E-state index < -0.39 is 71.1 Å². The van der Waals surface area contributed by atoms with Crippen molar-refractivity contribution in [1.29, 1.82) is 0 Å². The zero-order valence-corrected chi connectivity index (χ0v) is 22.6. The van der Waals surface area contributed by atoms with Gasteiger partial charge in [0.15, 0.2) is 5.78 Å². The average molecular weight is 533 g/mol. The summed E-state index contributed by atoms with van der Waals surface area (Å²) in [6.45, 7) is 11.6. The van der Waals surface area contributed by atoms with Gasteiger partial charge in [-0.2, -0.15) is 0 Å². The van der Waals surface area contributed by atoms with Crippen LogP contribution in [0.1, 0.15) is 66.7 Å². The van der Waals surface area contributed by atoms with Crippen LogP contribution in [0.2, 0.25) is 0 Å². The van der Waals surface area contributed by atoms with Crippen molar-refractivity contribution in [2.24, 2.45) is 34.0 Å². The van der Waals surface area contributed by atoms with Crippen molar-refractivity contribution < 1.29 is 47.7 Å². The molecule has 10 atom stereocenters. The first-order valence-corrected chi connectivity index (χ1v) is 13.3. The summed E-state index contributed by atoms with van der Waals surface area (Å²) in [5.74, 6) is -4.24. The van der Waals surface area contributed by atoms with Gasteiger partial charge in [-0.05, 0) is 42.6 Å². The Hall–Kier alpha value is -2.75. The van der Waals surface area contributed by atoms with Gasteiger partial charge in [-0.15, -0.1) is 0 Å². The van der Waals surface area contributed by atoms with Crippen molar-refractivity contribution in [3.63, 3.8) is 0 Å². The zero-order valence-electron chi connectivity index (χ0n) is 22.6. The van der Waals surface area contributed by atoms with Crippen LogP contribution in [-0.4, -0.2) is 60.9 Å². The van der Waals surface area contributed by atoms with Gasteiger partial charge in [0.25, 0.3) is 0 Å². The Bertz CT molecular complexity index is 1110. The van der Waals surface area contributed by atoms with E-state index in [0.717, 1.165) is 12.8 Å². The Morgan fingerprint density at radius 3 is 2.13 bits per heavy atom. The predicted molar refractivity (Wildman–Crippen MR) is 129 cm³/mol. The Morgan fingerprint density at radius 2 is 1.53 bits per heavy atom. The number of hydrogen-bond acceptors (Lipinski definition) is 10. The maximum absolute atomic E-state index is 14.4. The Morgan fingerprint density at radius 1 is 0.895 bits per heavy atom. The molecular weight excluding hydrogens is 496 g/mol. The molecule has 38 heavy (non-hydrogen) atoms. The van der Waals surface area contributed by atoms with E-state index in [4.69, 9.17) is 23.7 Å². The van der Waals surface area contributed by atoms with Crippen LogP contribution in [0.15, 0.2) is 12.2 Å². The molecule has 0 aromatic carbocycles. The van der Waals surface area contributed by atoms with Crippen molar-refractivity contribution in [2.45, 2.75) is 91.3 Å². The van der Waals surface area contributed by atoms with Crippen LogP contribution in [0.5, 0.6) is 0 Å². The molecule has 0 aromatic heterocycles. The SMILES string of the molecule is C=C1C(=O)[C@@]23[C@H](OC(C)=O)[C@H]1C[C@H](OC(C)=O)[C@H]2[C@@]12CCC[C@@](C)(CO[C@H]1OC(C)=O)[C@H]2C[C@H]3OC(C)=O. The van der Waals surface area contributed by atoms with E-state index in [1.165, 1.54) is 27.7 Å². The number of esters is 4. The Balaban J connectivity index is 1.82. The third-order valence-corrected chi connectivity index (χ3v) is 9.95. The highest BCUT2D eigenvalue weighted by Gasteiger charge is 2.82. The van der Waals surface area contributed by atoms with Crippen molar-refractivity contribution in [1.82, 2.24) is 0 Å². The summed E-state index contributed by atoms with van der Waals surface area (Å²) in [5.41, 5.74) is -2.66. The topological polar surface area (TPSA) is 132 Å². The first kappa shape index (κ1) is 26.8. The lowest BCUT2D eigenvalue weighted by Crippen LogP contribution is -2.76. The predicted octanol–water partition coefficient (Wildman–Crippen LogP) is 2.66. The first-order chi connectivity index (χ1) is 17.8. The number of ether oxygens (including phenoxy) is 5. The molecule has 1 aliphatic heterocycles. The molecule has 5 aliphatic rings.